The minimum Gasteiger partial charge on any atom is -0.293 e. The quantitative estimate of drug-likeness (QED) is 0.743. The first-order chi connectivity index (χ1) is 7.84. The average molecular weight is 250 g/mol. The molecule has 94 valence electrons. The Kier molecular flexibility index (Phi) is 4.81. The second-order valence-corrected chi connectivity index (χ2v) is 6.48. The SMILES string of the molecule is Cc1cc(C)c(C)c(C(=O)CSC(C)C)c1C. The molecule has 0 saturated carbocycles. The third kappa shape index (κ3) is 3.35. The minimum atomic E-state index is 0.269. The molecule has 0 N–H and O–H groups in total. The van der Waals surface area contributed by atoms with E-state index in [9.17, 15) is 4.79 Å². The van der Waals surface area contributed by atoms with Crippen LogP contribution in [0.1, 0.15) is 46.5 Å². The molecule has 0 atom stereocenters. The Labute approximate surface area is 109 Å². The smallest absolute Gasteiger partial charge is 0.173 e. The molecule has 0 bridgehead atoms. The fraction of sp³-hybridized carbons (Fsp3) is 0.533. The molecule has 0 saturated heterocycles. The Morgan fingerprint density at radius 2 is 1.59 bits per heavy atom. The third-order valence-electron chi connectivity index (χ3n) is 3.19. The van der Waals surface area contributed by atoms with Gasteiger partial charge in [-0.15, -0.1) is 0 Å². The van der Waals surface area contributed by atoms with E-state index in [-0.39, 0.29) is 5.78 Å². The summed E-state index contributed by atoms with van der Waals surface area (Å²) in [4.78, 5) is 12.3. The molecular weight excluding hydrogens is 228 g/mol. The van der Waals surface area contributed by atoms with E-state index in [1.807, 2.05) is 0 Å². The summed E-state index contributed by atoms with van der Waals surface area (Å²) in [5.74, 6) is 0.855. The Morgan fingerprint density at radius 3 is 2.00 bits per heavy atom. The van der Waals surface area contributed by atoms with Gasteiger partial charge in [-0.1, -0.05) is 19.9 Å². The van der Waals surface area contributed by atoms with Crippen molar-refractivity contribution in [2.24, 2.45) is 0 Å². The van der Waals surface area contributed by atoms with E-state index in [0.29, 0.717) is 11.0 Å². The van der Waals surface area contributed by atoms with Crippen molar-refractivity contribution in [2.75, 3.05) is 5.75 Å². The van der Waals surface area contributed by atoms with Crippen LogP contribution in [0.5, 0.6) is 0 Å². The highest BCUT2D eigenvalue weighted by Gasteiger charge is 2.15. The van der Waals surface area contributed by atoms with Crippen molar-refractivity contribution < 1.29 is 4.79 Å². The molecule has 2 heteroatoms. The lowest BCUT2D eigenvalue weighted by atomic mass is 9.92. The van der Waals surface area contributed by atoms with Gasteiger partial charge in [0.05, 0.1) is 5.75 Å². The zero-order chi connectivity index (χ0) is 13.2. The number of Topliss-reactive ketones (excluding diaryl/α,β-unsaturated/α-hetero) is 1. The van der Waals surface area contributed by atoms with E-state index in [0.717, 1.165) is 16.7 Å². The Morgan fingerprint density at radius 1 is 1.12 bits per heavy atom. The average Bonchev–Trinajstić information content (AvgIpc) is 2.24. The zero-order valence-corrected chi connectivity index (χ0v) is 12.5. The maximum absolute atomic E-state index is 12.3. The van der Waals surface area contributed by atoms with Crippen molar-refractivity contribution in [3.05, 3.63) is 33.9 Å². The molecule has 1 nitrogen and oxygen atoms in total. The Bertz CT molecular complexity index is 407. The van der Waals surface area contributed by atoms with Crippen LogP contribution in [0.3, 0.4) is 0 Å². The summed E-state index contributed by atoms with van der Waals surface area (Å²) in [6.45, 7) is 12.5. The molecule has 1 aromatic rings. The van der Waals surface area contributed by atoms with Crippen LogP contribution in [-0.2, 0) is 0 Å². The molecule has 0 aliphatic rings. The largest absolute Gasteiger partial charge is 0.293 e. The molecule has 0 amide bonds. The summed E-state index contributed by atoms with van der Waals surface area (Å²) < 4.78 is 0. The summed E-state index contributed by atoms with van der Waals surface area (Å²) in [5.41, 5.74) is 5.65. The van der Waals surface area contributed by atoms with E-state index in [1.54, 1.807) is 11.8 Å². The fourth-order valence-corrected chi connectivity index (χ4v) is 2.58. The molecule has 0 aliphatic heterocycles. The van der Waals surface area contributed by atoms with Crippen LogP contribution in [0.15, 0.2) is 6.07 Å². The van der Waals surface area contributed by atoms with Crippen molar-refractivity contribution >= 4 is 17.5 Å². The molecule has 17 heavy (non-hydrogen) atoms. The van der Waals surface area contributed by atoms with E-state index in [4.69, 9.17) is 0 Å². The van der Waals surface area contributed by atoms with Gasteiger partial charge in [-0.2, -0.15) is 11.8 Å². The summed E-state index contributed by atoms with van der Waals surface area (Å²) in [6.07, 6.45) is 0. The van der Waals surface area contributed by atoms with E-state index >= 15 is 0 Å². The van der Waals surface area contributed by atoms with Gasteiger partial charge in [0.15, 0.2) is 5.78 Å². The van der Waals surface area contributed by atoms with Crippen LogP contribution >= 0.6 is 11.8 Å². The maximum atomic E-state index is 12.3. The van der Waals surface area contributed by atoms with Crippen molar-refractivity contribution in [2.45, 2.75) is 46.8 Å². The van der Waals surface area contributed by atoms with Gasteiger partial charge in [-0.05, 0) is 55.2 Å². The minimum absolute atomic E-state index is 0.269. The number of aryl methyl sites for hydroxylation is 2. The second kappa shape index (κ2) is 5.72. The summed E-state index contributed by atoms with van der Waals surface area (Å²) in [7, 11) is 0. The van der Waals surface area contributed by atoms with Gasteiger partial charge in [0.1, 0.15) is 0 Å². The lowest BCUT2D eigenvalue weighted by molar-refractivity contribution is 0.102. The van der Waals surface area contributed by atoms with Crippen LogP contribution in [0.2, 0.25) is 0 Å². The number of carbonyl (C=O) groups excluding carboxylic acids is 1. The van der Waals surface area contributed by atoms with Crippen LogP contribution in [0.25, 0.3) is 0 Å². The van der Waals surface area contributed by atoms with Gasteiger partial charge in [0, 0.05) is 5.56 Å². The first kappa shape index (κ1) is 14.3. The number of thioether (sulfide) groups is 1. The standard InChI is InChI=1S/C15H22OS/c1-9(2)17-8-14(16)15-12(5)10(3)7-11(4)13(15)6/h7,9H,8H2,1-6H3. The van der Waals surface area contributed by atoms with Gasteiger partial charge < -0.3 is 0 Å². The van der Waals surface area contributed by atoms with Gasteiger partial charge in [0.2, 0.25) is 0 Å². The van der Waals surface area contributed by atoms with Crippen LogP contribution < -0.4 is 0 Å². The summed E-state index contributed by atoms with van der Waals surface area (Å²) >= 11 is 1.71. The van der Waals surface area contributed by atoms with Crippen LogP contribution in [0.4, 0.5) is 0 Å². The molecule has 0 aromatic heterocycles. The molecule has 1 rings (SSSR count). The fourth-order valence-electron chi connectivity index (χ4n) is 1.95. The second-order valence-electron chi connectivity index (χ2n) is 4.92. The number of hydrogen-bond acceptors (Lipinski definition) is 2. The van der Waals surface area contributed by atoms with Crippen LogP contribution in [0, 0.1) is 27.7 Å². The molecule has 0 radical (unpaired) electrons. The molecular formula is C15H22OS. The summed E-state index contributed by atoms with van der Waals surface area (Å²) in [5, 5.41) is 0.505. The van der Waals surface area contributed by atoms with E-state index in [2.05, 4.69) is 47.6 Å². The first-order valence-electron chi connectivity index (χ1n) is 6.06. The van der Waals surface area contributed by atoms with Gasteiger partial charge in [-0.3, -0.25) is 4.79 Å². The molecule has 0 unspecified atom stereocenters. The topological polar surface area (TPSA) is 17.1 Å². The predicted octanol–water partition coefficient (Wildman–Crippen LogP) is 4.24. The number of hydrogen-bond donors (Lipinski definition) is 0. The van der Waals surface area contributed by atoms with Gasteiger partial charge in [-0.25, -0.2) is 0 Å². The number of benzene rings is 1. The lowest BCUT2D eigenvalue weighted by Gasteiger charge is -2.14. The van der Waals surface area contributed by atoms with Gasteiger partial charge >= 0.3 is 0 Å². The lowest BCUT2D eigenvalue weighted by Crippen LogP contribution is -2.11. The summed E-state index contributed by atoms with van der Waals surface area (Å²) in [6, 6.07) is 2.16. The van der Waals surface area contributed by atoms with Gasteiger partial charge in [0.25, 0.3) is 0 Å². The third-order valence-corrected chi connectivity index (χ3v) is 4.29. The van der Waals surface area contributed by atoms with Crippen molar-refractivity contribution in [3.63, 3.8) is 0 Å². The van der Waals surface area contributed by atoms with E-state index < -0.39 is 0 Å². The normalized spacial score (nSPS) is 11.0. The number of rotatable bonds is 4. The first-order valence-corrected chi connectivity index (χ1v) is 7.11. The molecule has 0 fully saturated rings. The Hall–Kier alpha value is -0.760. The van der Waals surface area contributed by atoms with Crippen molar-refractivity contribution in [3.8, 4) is 0 Å². The highest BCUT2D eigenvalue weighted by atomic mass is 32.2. The maximum Gasteiger partial charge on any atom is 0.173 e. The van der Waals surface area contributed by atoms with Crippen molar-refractivity contribution in [1.29, 1.82) is 0 Å². The number of ketones is 1. The highest BCUT2D eigenvalue weighted by Crippen LogP contribution is 2.23. The molecule has 0 aliphatic carbocycles. The molecule has 0 spiro atoms. The zero-order valence-electron chi connectivity index (χ0n) is 11.7. The van der Waals surface area contributed by atoms with Crippen molar-refractivity contribution in [1.82, 2.24) is 0 Å². The Balaban J connectivity index is 3.08. The molecule has 1 aromatic carbocycles. The predicted molar refractivity (Wildman–Crippen MR) is 77.3 cm³/mol. The monoisotopic (exact) mass is 250 g/mol. The number of carbonyl (C=O) groups is 1. The van der Waals surface area contributed by atoms with E-state index in [1.165, 1.54) is 11.1 Å². The molecule has 0 heterocycles. The van der Waals surface area contributed by atoms with Crippen LogP contribution in [-0.4, -0.2) is 16.8 Å². The highest BCUT2D eigenvalue weighted by molar-refractivity contribution is 8.00.